The van der Waals surface area contributed by atoms with Crippen molar-refractivity contribution in [3.05, 3.63) is 35.9 Å². The van der Waals surface area contributed by atoms with E-state index in [1.165, 1.54) is 5.56 Å². The molecule has 0 aliphatic heterocycles. The summed E-state index contributed by atoms with van der Waals surface area (Å²) in [6, 6.07) is 9.31. The van der Waals surface area contributed by atoms with Gasteiger partial charge < -0.3 is 4.74 Å². The molecule has 5 heteroatoms. The maximum atomic E-state index is 12.6. The maximum absolute atomic E-state index is 12.6. The van der Waals surface area contributed by atoms with Crippen molar-refractivity contribution < 1.29 is 14.3 Å². The first-order chi connectivity index (χ1) is 12.1. The van der Waals surface area contributed by atoms with Crippen LogP contribution in [-0.4, -0.2) is 28.5 Å². The van der Waals surface area contributed by atoms with Gasteiger partial charge in [-0.2, -0.15) is 0 Å². The summed E-state index contributed by atoms with van der Waals surface area (Å²) in [5.41, 5.74) is 0.585. The van der Waals surface area contributed by atoms with Crippen molar-refractivity contribution in [2.45, 2.75) is 78.4 Å². The Kier molecular flexibility index (Phi) is 8.79. The molecule has 0 saturated heterocycles. The Morgan fingerprint density at radius 1 is 1.12 bits per heavy atom. The summed E-state index contributed by atoms with van der Waals surface area (Å²) in [6.45, 7) is 9.55. The molecule has 5 nitrogen and oxygen atoms in total. The normalized spacial score (nSPS) is 12.7. The minimum absolute atomic E-state index is 0.214. The smallest absolute Gasteiger partial charge is 0.330 e. The van der Waals surface area contributed by atoms with E-state index in [0.29, 0.717) is 18.8 Å². The van der Waals surface area contributed by atoms with E-state index >= 15 is 0 Å². The molecular formula is C21H34N2O3. The number of carbonyl (C=O) groups is 2. The van der Waals surface area contributed by atoms with Crippen LogP contribution in [0.4, 0.5) is 0 Å². The van der Waals surface area contributed by atoms with Crippen LogP contribution in [0.5, 0.6) is 0 Å². The van der Waals surface area contributed by atoms with E-state index in [1.807, 2.05) is 39.0 Å². The number of esters is 1. The molecule has 146 valence electrons. The quantitative estimate of drug-likeness (QED) is 0.313. The molecule has 0 saturated carbocycles. The van der Waals surface area contributed by atoms with Crippen LogP contribution in [0, 0.1) is 5.92 Å². The average molecular weight is 363 g/mol. The molecule has 1 aromatic carbocycles. The number of amides is 1. The van der Waals surface area contributed by atoms with E-state index in [2.05, 4.69) is 26.0 Å². The van der Waals surface area contributed by atoms with Crippen molar-refractivity contribution in [3.8, 4) is 0 Å². The van der Waals surface area contributed by atoms with Crippen LogP contribution in [0.25, 0.3) is 0 Å². The van der Waals surface area contributed by atoms with Gasteiger partial charge in [0.05, 0.1) is 0 Å². The third-order valence-electron chi connectivity index (χ3n) is 4.02. The Morgan fingerprint density at radius 3 is 2.27 bits per heavy atom. The average Bonchev–Trinajstić information content (AvgIpc) is 2.55. The SMILES string of the molecule is CC(C)CCC(=O)N(N)[C@H](CCCc1ccccc1)C(=O)OC(C)(C)C. The first-order valence-electron chi connectivity index (χ1n) is 9.43. The zero-order valence-corrected chi connectivity index (χ0v) is 16.8. The van der Waals surface area contributed by atoms with Gasteiger partial charge >= 0.3 is 5.97 Å². The molecule has 1 aromatic rings. The van der Waals surface area contributed by atoms with Gasteiger partial charge in [-0.1, -0.05) is 44.2 Å². The Morgan fingerprint density at radius 2 is 1.73 bits per heavy atom. The van der Waals surface area contributed by atoms with Gasteiger partial charge in [0.25, 0.3) is 0 Å². The van der Waals surface area contributed by atoms with Gasteiger partial charge in [0.1, 0.15) is 11.6 Å². The highest BCUT2D eigenvalue weighted by molar-refractivity contribution is 5.84. The molecule has 0 spiro atoms. The Labute approximate surface area is 157 Å². The zero-order chi connectivity index (χ0) is 19.7. The Balaban J connectivity index is 2.73. The number of carbonyl (C=O) groups excluding carboxylic acids is 2. The first-order valence-corrected chi connectivity index (χ1v) is 9.43. The van der Waals surface area contributed by atoms with Crippen molar-refractivity contribution in [1.82, 2.24) is 5.01 Å². The highest BCUT2D eigenvalue weighted by Crippen LogP contribution is 2.16. The van der Waals surface area contributed by atoms with Crippen molar-refractivity contribution in [2.75, 3.05) is 0 Å². The summed E-state index contributed by atoms with van der Waals surface area (Å²) in [7, 11) is 0. The predicted octanol–water partition coefficient (Wildman–Crippen LogP) is 3.86. The molecule has 0 radical (unpaired) electrons. The standard InChI is InChI=1S/C21H34N2O3/c1-16(2)14-15-19(24)23(22)18(20(25)26-21(3,4)5)13-9-12-17-10-7-6-8-11-17/h6-8,10-11,16,18H,9,12-15,22H2,1-5H3/t18-/m1/s1. The van der Waals surface area contributed by atoms with Crippen LogP contribution in [0.3, 0.4) is 0 Å². The minimum Gasteiger partial charge on any atom is -0.458 e. The summed E-state index contributed by atoms with van der Waals surface area (Å²) >= 11 is 0. The number of ether oxygens (including phenoxy) is 1. The number of hydrogen-bond acceptors (Lipinski definition) is 4. The number of nitrogens with zero attached hydrogens (tertiary/aromatic N) is 1. The van der Waals surface area contributed by atoms with Gasteiger partial charge in [-0.05, 0) is 57.9 Å². The van der Waals surface area contributed by atoms with Crippen LogP contribution in [0.2, 0.25) is 0 Å². The van der Waals surface area contributed by atoms with Crippen LogP contribution in [0.15, 0.2) is 30.3 Å². The molecular weight excluding hydrogens is 328 g/mol. The number of rotatable bonds is 9. The van der Waals surface area contributed by atoms with Crippen LogP contribution < -0.4 is 5.84 Å². The fourth-order valence-electron chi connectivity index (χ4n) is 2.60. The fourth-order valence-corrected chi connectivity index (χ4v) is 2.60. The Bertz CT molecular complexity index is 564. The Hall–Kier alpha value is -1.88. The lowest BCUT2D eigenvalue weighted by molar-refractivity contribution is -0.165. The molecule has 1 amide bonds. The number of hydrogen-bond donors (Lipinski definition) is 1. The summed E-state index contributed by atoms with van der Waals surface area (Å²) in [6.07, 6.45) is 3.14. The lowest BCUT2D eigenvalue weighted by Gasteiger charge is -2.29. The molecule has 0 aliphatic rings. The molecule has 2 N–H and O–H groups in total. The van der Waals surface area contributed by atoms with Gasteiger partial charge in [0.2, 0.25) is 5.91 Å². The summed E-state index contributed by atoms with van der Waals surface area (Å²) in [5.74, 6) is 5.79. The summed E-state index contributed by atoms with van der Waals surface area (Å²) in [4.78, 5) is 25.0. The molecule has 0 bridgehead atoms. The topological polar surface area (TPSA) is 72.6 Å². The summed E-state index contributed by atoms with van der Waals surface area (Å²) < 4.78 is 5.49. The maximum Gasteiger partial charge on any atom is 0.330 e. The van der Waals surface area contributed by atoms with Gasteiger partial charge in [0.15, 0.2) is 0 Å². The predicted molar refractivity (Wildman–Crippen MR) is 104 cm³/mol. The number of nitrogens with two attached hydrogens (primary N) is 1. The number of aryl methyl sites for hydroxylation is 1. The highest BCUT2D eigenvalue weighted by Gasteiger charge is 2.31. The lowest BCUT2D eigenvalue weighted by Crippen LogP contribution is -2.51. The lowest BCUT2D eigenvalue weighted by atomic mass is 10.0. The molecule has 0 unspecified atom stereocenters. The second-order valence-electron chi connectivity index (χ2n) is 8.16. The van der Waals surface area contributed by atoms with Crippen LogP contribution in [0.1, 0.15) is 65.9 Å². The molecule has 0 heterocycles. The summed E-state index contributed by atoms with van der Waals surface area (Å²) in [5, 5.41) is 1.08. The fraction of sp³-hybridized carbons (Fsp3) is 0.619. The molecule has 1 atom stereocenters. The van der Waals surface area contributed by atoms with Gasteiger partial charge in [-0.25, -0.2) is 10.6 Å². The zero-order valence-electron chi connectivity index (χ0n) is 16.8. The highest BCUT2D eigenvalue weighted by atomic mass is 16.6. The third-order valence-corrected chi connectivity index (χ3v) is 4.02. The molecule has 0 fully saturated rings. The van der Waals surface area contributed by atoms with E-state index in [-0.39, 0.29) is 5.91 Å². The number of hydrazine groups is 1. The minimum atomic E-state index is -0.752. The van der Waals surface area contributed by atoms with Crippen molar-refractivity contribution >= 4 is 11.9 Å². The van der Waals surface area contributed by atoms with Gasteiger partial charge in [0, 0.05) is 6.42 Å². The molecule has 26 heavy (non-hydrogen) atoms. The second kappa shape index (κ2) is 10.3. The number of benzene rings is 1. The van der Waals surface area contributed by atoms with Crippen molar-refractivity contribution in [1.29, 1.82) is 0 Å². The van der Waals surface area contributed by atoms with E-state index < -0.39 is 17.6 Å². The molecule has 0 aromatic heterocycles. The van der Waals surface area contributed by atoms with E-state index in [4.69, 9.17) is 10.6 Å². The van der Waals surface area contributed by atoms with Crippen LogP contribution in [-0.2, 0) is 20.7 Å². The molecule has 0 aliphatic carbocycles. The van der Waals surface area contributed by atoms with E-state index in [0.717, 1.165) is 24.3 Å². The third kappa shape index (κ3) is 8.48. The monoisotopic (exact) mass is 362 g/mol. The van der Waals surface area contributed by atoms with E-state index in [9.17, 15) is 9.59 Å². The van der Waals surface area contributed by atoms with Crippen LogP contribution >= 0.6 is 0 Å². The van der Waals surface area contributed by atoms with Gasteiger partial charge in [-0.15, -0.1) is 0 Å². The van der Waals surface area contributed by atoms with Crippen molar-refractivity contribution in [2.24, 2.45) is 11.8 Å². The van der Waals surface area contributed by atoms with Crippen molar-refractivity contribution in [3.63, 3.8) is 0 Å². The second-order valence-corrected chi connectivity index (χ2v) is 8.16. The first kappa shape index (κ1) is 22.2. The molecule has 1 rings (SSSR count). The largest absolute Gasteiger partial charge is 0.458 e. The van der Waals surface area contributed by atoms with E-state index in [1.54, 1.807) is 0 Å². The van der Waals surface area contributed by atoms with Gasteiger partial charge in [-0.3, -0.25) is 9.80 Å².